The van der Waals surface area contributed by atoms with Crippen LogP contribution in [0.15, 0.2) is 24.3 Å². The maximum absolute atomic E-state index is 12.8. The van der Waals surface area contributed by atoms with E-state index in [1.807, 2.05) is 0 Å². The Bertz CT molecular complexity index is 722. The number of hydrogen-bond acceptors (Lipinski definition) is 1. The molecule has 1 aromatic carbocycles. The van der Waals surface area contributed by atoms with Gasteiger partial charge in [-0.3, -0.25) is 0 Å². The zero-order chi connectivity index (χ0) is 17.6. The third kappa shape index (κ3) is 4.02. The first-order chi connectivity index (χ1) is 10.4. The van der Waals surface area contributed by atoms with Crippen molar-refractivity contribution < 1.29 is 26.3 Å². The number of rotatable bonds is 1. The van der Waals surface area contributed by atoms with Gasteiger partial charge in [-0.1, -0.05) is 34.8 Å². The number of benzene rings is 1. The van der Waals surface area contributed by atoms with Gasteiger partial charge in [-0.15, -0.1) is 0 Å². The second-order valence-electron chi connectivity index (χ2n) is 4.37. The summed E-state index contributed by atoms with van der Waals surface area (Å²) in [6.45, 7) is 0. The highest BCUT2D eigenvalue weighted by atomic mass is 35.5. The summed E-state index contributed by atoms with van der Waals surface area (Å²) in [5.74, 6) is 0. The van der Waals surface area contributed by atoms with Gasteiger partial charge < -0.3 is 0 Å². The van der Waals surface area contributed by atoms with Crippen molar-refractivity contribution >= 4 is 34.8 Å². The molecule has 0 aliphatic carbocycles. The molecule has 124 valence electrons. The van der Waals surface area contributed by atoms with Gasteiger partial charge in [-0.05, 0) is 29.8 Å². The quantitative estimate of drug-likeness (QED) is 0.385. The maximum Gasteiger partial charge on any atom is 0.433 e. The maximum atomic E-state index is 12.8. The summed E-state index contributed by atoms with van der Waals surface area (Å²) in [5, 5.41) is -0.196. The van der Waals surface area contributed by atoms with E-state index in [9.17, 15) is 26.3 Å². The van der Waals surface area contributed by atoms with Gasteiger partial charge in [0, 0.05) is 10.6 Å². The van der Waals surface area contributed by atoms with E-state index in [1.165, 1.54) is 0 Å². The average molecular weight is 395 g/mol. The van der Waals surface area contributed by atoms with E-state index in [2.05, 4.69) is 4.98 Å². The Balaban J connectivity index is 2.74. The first kappa shape index (κ1) is 18.2. The van der Waals surface area contributed by atoms with E-state index < -0.39 is 29.3 Å². The third-order valence-electron chi connectivity index (χ3n) is 2.73. The molecule has 1 aromatic heterocycles. The van der Waals surface area contributed by atoms with Gasteiger partial charge in [-0.2, -0.15) is 26.3 Å². The van der Waals surface area contributed by atoms with Crippen LogP contribution in [0.2, 0.25) is 15.1 Å². The fourth-order valence-corrected chi connectivity index (χ4v) is 2.38. The molecule has 0 radical (unpaired) electrons. The molecule has 0 bridgehead atoms. The third-order valence-corrected chi connectivity index (χ3v) is 3.76. The second-order valence-corrected chi connectivity index (χ2v) is 5.59. The minimum absolute atomic E-state index is 0.0153. The van der Waals surface area contributed by atoms with Gasteiger partial charge in [0.1, 0.15) is 11.4 Å². The Morgan fingerprint density at radius 2 is 1.09 bits per heavy atom. The lowest BCUT2D eigenvalue weighted by atomic mass is 10.0. The van der Waals surface area contributed by atoms with E-state index in [1.54, 1.807) is 0 Å². The first-order valence-electron chi connectivity index (χ1n) is 5.71. The summed E-state index contributed by atoms with van der Waals surface area (Å²) in [7, 11) is 0. The summed E-state index contributed by atoms with van der Waals surface area (Å²) >= 11 is 17.3. The van der Waals surface area contributed by atoms with Crippen LogP contribution in [0.1, 0.15) is 11.4 Å². The SMILES string of the molecule is FC(F)(F)c1cc(-c2cc(Cl)c(Cl)cc2Cl)cc(C(F)(F)F)n1. The Morgan fingerprint density at radius 1 is 0.652 bits per heavy atom. The lowest BCUT2D eigenvalue weighted by molar-refractivity contribution is -0.150. The number of pyridine rings is 1. The van der Waals surface area contributed by atoms with Crippen LogP contribution >= 0.6 is 34.8 Å². The molecule has 0 unspecified atom stereocenters. The molecule has 0 aliphatic heterocycles. The molecule has 0 saturated heterocycles. The molecule has 2 rings (SSSR count). The summed E-state index contributed by atoms with van der Waals surface area (Å²) in [4.78, 5) is 2.62. The Kier molecular flexibility index (Phi) is 4.76. The summed E-state index contributed by atoms with van der Waals surface area (Å²) in [6, 6.07) is 3.13. The van der Waals surface area contributed by atoms with Crippen LogP contribution in [-0.2, 0) is 12.4 Å². The van der Waals surface area contributed by atoms with Crippen molar-refractivity contribution in [2.75, 3.05) is 0 Å². The van der Waals surface area contributed by atoms with Crippen molar-refractivity contribution in [3.05, 3.63) is 50.7 Å². The Hall–Kier alpha value is -1.18. The molecular weight excluding hydrogens is 390 g/mol. The van der Waals surface area contributed by atoms with Gasteiger partial charge in [0.2, 0.25) is 0 Å². The van der Waals surface area contributed by atoms with Crippen molar-refractivity contribution in [1.29, 1.82) is 0 Å². The largest absolute Gasteiger partial charge is 0.433 e. The molecule has 0 N–H and O–H groups in total. The Labute approximate surface area is 140 Å². The van der Waals surface area contributed by atoms with Crippen LogP contribution in [0.3, 0.4) is 0 Å². The van der Waals surface area contributed by atoms with E-state index >= 15 is 0 Å². The van der Waals surface area contributed by atoms with Gasteiger partial charge in [0.25, 0.3) is 0 Å². The molecule has 0 atom stereocenters. The summed E-state index contributed by atoms with van der Waals surface area (Å²) in [5.41, 5.74) is -3.93. The predicted octanol–water partition coefficient (Wildman–Crippen LogP) is 6.75. The van der Waals surface area contributed by atoms with E-state index in [4.69, 9.17) is 34.8 Å². The van der Waals surface area contributed by atoms with Gasteiger partial charge in [0.15, 0.2) is 0 Å². The fourth-order valence-electron chi connectivity index (χ4n) is 1.72. The Morgan fingerprint density at radius 3 is 1.52 bits per heavy atom. The van der Waals surface area contributed by atoms with Crippen molar-refractivity contribution in [3.8, 4) is 11.1 Å². The standard InChI is InChI=1S/C13H4Cl3F6N/c14-7-4-9(16)8(15)3-6(7)5-1-10(12(17,18)19)23-11(2-5)13(20,21)22/h1-4H. The number of nitrogens with zero attached hydrogens (tertiary/aromatic N) is 1. The van der Waals surface area contributed by atoms with Crippen LogP contribution in [-0.4, -0.2) is 4.98 Å². The second kappa shape index (κ2) is 6.03. The van der Waals surface area contributed by atoms with E-state index in [0.29, 0.717) is 12.1 Å². The van der Waals surface area contributed by atoms with E-state index in [0.717, 1.165) is 12.1 Å². The van der Waals surface area contributed by atoms with Crippen LogP contribution in [0.4, 0.5) is 26.3 Å². The molecular formula is C13H4Cl3F6N. The van der Waals surface area contributed by atoms with Crippen molar-refractivity contribution in [2.45, 2.75) is 12.4 Å². The van der Waals surface area contributed by atoms with Crippen molar-refractivity contribution in [1.82, 2.24) is 4.98 Å². The molecule has 0 spiro atoms. The van der Waals surface area contributed by atoms with Gasteiger partial charge in [0.05, 0.1) is 10.0 Å². The molecule has 2 aromatic rings. The first-order valence-corrected chi connectivity index (χ1v) is 6.84. The molecule has 0 saturated carbocycles. The van der Waals surface area contributed by atoms with Crippen LogP contribution in [0, 0.1) is 0 Å². The van der Waals surface area contributed by atoms with E-state index in [-0.39, 0.29) is 20.6 Å². The van der Waals surface area contributed by atoms with Crippen LogP contribution < -0.4 is 0 Å². The van der Waals surface area contributed by atoms with Crippen molar-refractivity contribution in [2.24, 2.45) is 0 Å². The molecule has 1 nitrogen and oxygen atoms in total. The fraction of sp³-hybridized carbons (Fsp3) is 0.154. The normalized spacial score (nSPS) is 12.6. The van der Waals surface area contributed by atoms with Crippen LogP contribution in [0.25, 0.3) is 11.1 Å². The monoisotopic (exact) mass is 393 g/mol. The molecule has 0 fully saturated rings. The summed E-state index contributed by atoms with van der Waals surface area (Å²) < 4.78 is 76.7. The highest BCUT2D eigenvalue weighted by molar-refractivity contribution is 6.44. The van der Waals surface area contributed by atoms with Gasteiger partial charge in [-0.25, -0.2) is 4.98 Å². The zero-order valence-electron chi connectivity index (χ0n) is 10.7. The van der Waals surface area contributed by atoms with Crippen LogP contribution in [0.5, 0.6) is 0 Å². The zero-order valence-corrected chi connectivity index (χ0v) is 12.9. The van der Waals surface area contributed by atoms with Gasteiger partial charge >= 0.3 is 12.4 Å². The average Bonchev–Trinajstić information content (AvgIpc) is 2.40. The minimum Gasteiger partial charge on any atom is -0.239 e. The number of alkyl halides is 6. The smallest absolute Gasteiger partial charge is 0.239 e. The number of hydrogen-bond donors (Lipinski definition) is 0. The molecule has 1 heterocycles. The topological polar surface area (TPSA) is 12.9 Å². The lowest BCUT2D eigenvalue weighted by Crippen LogP contribution is -2.15. The molecule has 10 heteroatoms. The minimum atomic E-state index is -5.06. The molecule has 23 heavy (non-hydrogen) atoms. The molecule has 0 amide bonds. The summed E-state index contributed by atoms with van der Waals surface area (Å²) in [6.07, 6.45) is -10.1. The predicted molar refractivity (Wildman–Crippen MR) is 74.7 cm³/mol. The van der Waals surface area contributed by atoms with Crippen molar-refractivity contribution in [3.63, 3.8) is 0 Å². The number of aromatic nitrogens is 1. The number of halogens is 9. The molecule has 0 aliphatic rings. The highest BCUT2D eigenvalue weighted by Crippen LogP contribution is 2.40. The lowest BCUT2D eigenvalue weighted by Gasteiger charge is -2.14. The highest BCUT2D eigenvalue weighted by Gasteiger charge is 2.39.